The number of carbonyl (C=O) groups is 1. The van der Waals surface area contributed by atoms with E-state index in [0.717, 1.165) is 50.1 Å². The molecule has 0 bridgehead atoms. The Morgan fingerprint density at radius 2 is 1.96 bits per heavy atom. The van der Waals surface area contributed by atoms with Gasteiger partial charge in [0.15, 0.2) is 0 Å². The van der Waals surface area contributed by atoms with Crippen LogP contribution >= 0.6 is 24.8 Å². The Kier molecular flexibility index (Phi) is 7.54. The Labute approximate surface area is 157 Å². The number of benzene rings is 1. The maximum atomic E-state index is 12.6. The summed E-state index contributed by atoms with van der Waals surface area (Å²) in [6.07, 6.45) is 3.35. The second-order valence-electron chi connectivity index (χ2n) is 7.25. The van der Waals surface area contributed by atoms with Gasteiger partial charge in [-0.2, -0.15) is 0 Å². The minimum Gasteiger partial charge on any atom is -0.326 e. The molecule has 1 aliphatic heterocycles. The van der Waals surface area contributed by atoms with Crippen LogP contribution in [0.1, 0.15) is 30.4 Å². The highest BCUT2D eigenvalue weighted by Crippen LogP contribution is 2.58. The van der Waals surface area contributed by atoms with Crippen LogP contribution in [0.2, 0.25) is 0 Å². The van der Waals surface area contributed by atoms with Gasteiger partial charge in [0.1, 0.15) is 0 Å². The van der Waals surface area contributed by atoms with Crippen molar-refractivity contribution in [3.63, 3.8) is 0 Å². The first-order valence-corrected chi connectivity index (χ1v) is 8.26. The molecule has 1 saturated heterocycles. The van der Waals surface area contributed by atoms with Crippen molar-refractivity contribution in [2.24, 2.45) is 11.3 Å². The summed E-state index contributed by atoms with van der Waals surface area (Å²) >= 11 is 0. The van der Waals surface area contributed by atoms with E-state index in [0.29, 0.717) is 5.41 Å². The van der Waals surface area contributed by atoms with Crippen molar-refractivity contribution in [1.82, 2.24) is 10.2 Å². The molecular weight excluding hydrogens is 345 g/mol. The summed E-state index contributed by atoms with van der Waals surface area (Å²) in [4.78, 5) is 14.7. The second-order valence-corrected chi connectivity index (χ2v) is 7.25. The number of carbonyl (C=O) groups excluding carboxylic acids is 1. The standard InChI is InChI=1S/C18H27N3O.2ClH/c1-13-4-5-14(12-21(2)3)10-16(13)20-17(22)15-11-18(15)6-8-19-9-7-18;;/h4-5,10,15,19H,6-9,11-12H2,1-3H3,(H,20,22);2*1H. The van der Waals surface area contributed by atoms with E-state index in [9.17, 15) is 4.79 Å². The van der Waals surface area contributed by atoms with Crippen molar-refractivity contribution in [1.29, 1.82) is 0 Å². The van der Waals surface area contributed by atoms with E-state index in [4.69, 9.17) is 0 Å². The fourth-order valence-corrected chi connectivity index (χ4v) is 3.68. The van der Waals surface area contributed by atoms with Crippen LogP contribution in [0, 0.1) is 18.3 Å². The zero-order chi connectivity index (χ0) is 15.7. The van der Waals surface area contributed by atoms with Gasteiger partial charge in [-0.05, 0) is 76.0 Å². The molecule has 1 unspecified atom stereocenters. The van der Waals surface area contributed by atoms with E-state index in [1.54, 1.807) is 0 Å². The fourth-order valence-electron chi connectivity index (χ4n) is 3.68. The number of amides is 1. The molecule has 4 nitrogen and oxygen atoms in total. The highest BCUT2D eigenvalue weighted by Gasteiger charge is 2.57. The van der Waals surface area contributed by atoms with Crippen molar-refractivity contribution in [3.05, 3.63) is 29.3 Å². The van der Waals surface area contributed by atoms with Gasteiger partial charge >= 0.3 is 0 Å². The number of nitrogens with one attached hydrogen (secondary N) is 2. The summed E-state index contributed by atoms with van der Waals surface area (Å²) in [6, 6.07) is 6.35. The van der Waals surface area contributed by atoms with Gasteiger partial charge in [-0.15, -0.1) is 24.8 Å². The van der Waals surface area contributed by atoms with E-state index in [1.165, 1.54) is 5.56 Å². The Morgan fingerprint density at radius 3 is 2.58 bits per heavy atom. The Hall–Kier alpha value is -0.810. The summed E-state index contributed by atoms with van der Waals surface area (Å²) in [5, 5.41) is 6.57. The first-order chi connectivity index (χ1) is 10.5. The maximum Gasteiger partial charge on any atom is 0.228 e. The largest absolute Gasteiger partial charge is 0.326 e. The topological polar surface area (TPSA) is 44.4 Å². The van der Waals surface area contributed by atoms with Gasteiger partial charge in [0.25, 0.3) is 0 Å². The van der Waals surface area contributed by atoms with Crippen molar-refractivity contribution >= 4 is 36.4 Å². The van der Waals surface area contributed by atoms with Crippen LogP contribution in [0.15, 0.2) is 18.2 Å². The number of rotatable bonds is 4. The molecule has 2 aliphatic rings. The number of anilines is 1. The maximum absolute atomic E-state index is 12.6. The van der Waals surface area contributed by atoms with Crippen LogP contribution in [0.3, 0.4) is 0 Å². The van der Waals surface area contributed by atoms with E-state index < -0.39 is 0 Å². The third kappa shape index (κ3) is 4.63. The first kappa shape index (κ1) is 21.2. The lowest BCUT2D eigenvalue weighted by Gasteiger charge is -2.23. The number of halogens is 2. The lowest BCUT2D eigenvalue weighted by molar-refractivity contribution is -0.118. The van der Waals surface area contributed by atoms with Crippen LogP contribution < -0.4 is 10.6 Å². The molecule has 0 radical (unpaired) electrons. The third-order valence-electron chi connectivity index (χ3n) is 5.16. The molecular formula is C18H29Cl2N3O. The Morgan fingerprint density at radius 1 is 1.29 bits per heavy atom. The minimum absolute atomic E-state index is 0. The highest BCUT2D eigenvalue weighted by atomic mass is 35.5. The molecule has 3 rings (SSSR count). The van der Waals surface area contributed by atoms with Crippen molar-refractivity contribution < 1.29 is 4.79 Å². The fraction of sp³-hybridized carbons (Fsp3) is 0.611. The predicted molar refractivity (Wildman–Crippen MR) is 104 cm³/mol. The van der Waals surface area contributed by atoms with Crippen LogP contribution in [-0.2, 0) is 11.3 Å². The minimum atomic E-state index is 0. The lowest BCUT2D eigenvalue weighted by Crippen LogP contribution is -2.31. The zero-order valence-electron chi connectivity index (χ0n) is 14.7. The molecule has 24 heavy (non-hydrogen) atoms. The summed E-state index contributed by atoms with van der Waals surface area (Å²) in [5.41, 5.74) is 3.64. The smallest absolute Gasteiger partial charge is 0.228 e. The van der Waals surface area contributed by atoms with Gasteiger partial charge < -0.3 is 15.5 Å². The van der Waals surface area contributed by atoms with Crippen molar-refractivity contribution in [2.45, 2.75) is 32.7 Å². The molecule has 1 aromatic rings. The molecule has 1 heterocycles. The number of piperidine rings is 1. The van der Waals surface area contributed by atoms with Crippen LogP contribution in [-0.4, -0.2) is 38.0 Å². The van der Waals surface area contributed by atoms with Gasteiger partial charge in [-0.25, -0.2) is 0 Å². The summed E-state index contributed by atoms with van der Waals surface area (Å²) in [6.45, 7) is 5.06. The monoisotopic (exact) mass is 373 g/mol. The number of aryl methyl sites for hydroxylation is 1. The number of hydrogen-bond donors (Lipinski definition) is 2. The Bertz CT molecular complexity index is 571. The molecule has 0 aromatic heterocycles. The van der Waals surface area contributed by atoms with Crippen molar-refractivity contribution in [2.75, 3.05) is 32.5 Å². The van der Waals surface area contributed by atoms with Gasteiger partial charge in [0.05, 0.1) is 0 Å². The van der Waals surface area contributed by atoms with Gasteiger partial charge in [0.2, 0.25) is 5.91 Å². The third-order valence-corrected chi connectivity index (χ3v) is 5.16. The summed E-state index contributed by atoms with van der Waals surface area (Å²) in [5.74, 6) is 0.429. The predicted octanol–water partition coefficient (Wildman–Crippen LogP) is 3.23. The average Bonchev–Trinajstić information content (AvgIpc) is 3.16. The van der Waals surface area contributed by atoms with E-state index in [-0.39, 0.29) is 36.6 Å². The Balaban J connectivity index is 0.00000144. The molecule has 1 amide bonds. The lowest BCUT2D eigenvalue weighted by atomic mass is 9.91. The van der Waals surface area contributed by atoms with E-state index >= 15 is 0 Å². The average molecular weight is 374 g/mol. The van der Waals surface area contributed by atoms with E-state index in [1.807, 2.05) is 0 Å². The van der Waals surface area contributed by atoms with Crippen LogP contribution in [0.4, 0.5) is 5.69 Å². The van der Waals surface area contributed by atoms with Gasteiger partial charge in [0, 0.05) is 18.2 Å². The number of nitrogens with zero attached hydrogens (tertiary/aromatic N) is 1. The van der Waals surface area contributed by atoms with Crippen molar-refractivity contribution in [3.8, 4) is 0 Å². The molecule has 6 heteroatoms. The second kappa shape index (κ2) is 8.52. The molecule has 1 spiro atoms. The van der Waals surface area contributed by atoms with Gasteiger partial charge in [-0.1, -0.05) is 12.1 Å². The molecule has 1 aromatic carbocycles. The quantitative estimate of drug-likeness (QED) is 0.851. The molecule has 2 N–H and O–H groups in total. The molecule has 1 aliphatic carbocycles. The van der Waals surface area contributed by atoms with Crippen LogP contribution in [0.25, 0.3) is 0 Å². The van der Waals surface area contributed by atoms with Gasteiger partial charge in [-0.3, -0.25) is 4.79 Å². The summed E-state index contributed by atoms with van der Waals surface area (Å²) < 4.78 is 0. The zero-order valence-corrected chi connectivity index (χ0v) is 16.4. The summed E-state index contributed by atoms with van der Waals surface area (Å²) in [7, 11) is 4.12. The molecule has 1 atom stereocenters. The molecule has 1 saturated carbocycles. The van der Waals surface area contributed by atoms with E-state index in [2.05, 4.69) is 54.8 Å². The highest BCUT2D eigenvalue weighted by molar-refractivity contribution is 5.95. The SMILES string of the molecule is Cc1ccc(CN(C)C)cc1NC(=O)C1CC12CCNCC2.Cl.Cl. The van der Waals surface area contributed by atoms with Crippen LogP contribution in [0.5, 0.6) is 0 Å². The first-order valence-electron chi connectivity index (χ1n) is 8.26. The molecule has 136 valence electrons. The normalized spacial score (nSPS) is 20.9. The molecule has 2 fully saturated rings. The number of hydrogen-bond acceptors (Lipinski definition) is 3.